The van der Waals surface area contributed by atoms with Gasteiger partial charge in [0, 0.05) is 28.3 Å². The van der Waals surface area contributed by atoms with E-state index in [2.05, 4.69) is 144 Å². The van der Waals surface area contributed by atoms with Gasteiger partial charge in [-0.05, 0) is 70.8 Å². The van der Waals surface area contributed by atoms with Crippen LogP contribution in [0.3, 0.4) is 0 Å². The van der Waals surface area contributed by atoms with E-state index in [1.54, 1.807) is 0 Å². The molecule has 6 aromatic carbocycles. The van der Waals surface area contributed by atoms with Gasteiger partial charge in [0.15, 0.2) is 5.82 Å². The molecule has 0 saturated carbocycles. The molecule has 5 heteroatoms. The summed E-state index contributed by atoms with van der Waals surface area (Å²) in [6.45, 7) is 0. The van der Waals surface area contributed by atoms with Crippen molar-refractivity contribution < 1.29 is 0 Å². The molecule has 0 aliphatic rings. The molecule has 53 heavy (non-hydrogen) atoms. The Morgan fingerprint density at radius 2 is 0.962 bits per heavy atom. The fraction of sp³-hybridized carbons (Fsp3) is 0. The van der Waals surface area contributed by atoms with Crippen LogP contribution in [0, 0.1) is 0 Å². The van der Waals surface area contributed by atoms with Crippen LogP contribution in [0.15, 0.2) is 188 Å². The second-order valence-electron chi connectivity index (χ2n) is 13.2. The lowest BCUT2D eigenvalue weighted by Crippen LogP contribution is -1.97. The van der Waals surface area contributed by atoms with Gasteiger partial charge in [-0.25, -0.2) is 15.0 Å². The molecule has 0 aliphatic carbocycles. The normalized spacial score (nSPS) is 11.4. The molecular weight excluding hydrogens is 647 g/mol. The molecule has 0 unspecified atom stereocenters. The fourth-order valence-electron chi connectivity index (χ4n) is 7.23. The lowest BCUT2D eigenvalue weighted by molar-refractivity contribution is 1.16. The number of nitrogens with zero attached hydrogens (tertiary/aromatic N) is 5. The number of fused-ring (bicyclic) bond motifs is 5. The summed E-state index contributed by atoms with van der Waals surface area (Å²) < 4.78 is 2.33. The minimum absolute atomic E-state index is 0.648. The Morgan fingerprint density at radius 3 is 1.79 bits per heavy atom. The third-order valence-electron chi connectivity index (χ3n) is 9.85. The number of pyridine rings is 1. The maximum absolute atomic E-state index is 5.17. The van der Waals surface area contributed by atoms with Crippen molar-refractivity contribution in [2.24, 2.45) is 0 Å². The summed E-state index contributed by atoms with van der Waals surface area (Å²) in [6.07, 6.45) is 1.85. The zero-order chi connectivity index (χ0) is 35.1. The van der Waals surface area contributed by atoms with E-state index in [4.69, 9.17) is 19.9 Å². The SMILES string of the molecule is c1ccc(-c2ccnc(-c3cc(-c4ccccc4)nc(-c4cccc(-c5ccc(-c6nc7ccccc7n7c6cc6ccccc67)cc5)c4)n3)c2)cc1. The van der Waals surface area contributed by atoms with Gasteiger partial charge in [-0.2, -0.15) is 0 Å². The summed E-state index contributed by atoms with van der Waals surface area (Å²) in [4.78, 5) is 20.1. The Hall–Kier alpha value is -7.24. The number of rotatable bonds is 6. The van der Waals surface area contributed by atoms with Gasteiger partial charge in [0.25, 0.3) is 0 Å². The fourth-order valence-corrected chi connectivity index (χ4v) is 7.23. The standard InChI is InChI=1S/C48H31N5/c1-3-12-32(13-4-1)37-26-27-49-42(29-37)43-31-41(34-14-5-2-6-15-34)51-48(52-43)39-18-11-17-36(28-39)33-22-24-35(25-23-33)47-46-30-38-16-7-9-20-44(38)53(46)45-21-10-8-19-40(45)50-47/h1-31H. The molecule has 4 aromatic heterocycles. The van der Waals surface area contributed by atoms with E-state index in [-0.39, 0.29) is 0 Å². The van der Waals surface area contributed by atoms with Crippen molar-refractivity contribution in [3.63, 3.8) is 0 Å². The lowest BCUT2D eigenvalue weighted by Gasteiger charge is -2.12. The molecule has 0 spiro atoms. The predicted molar refractivity (Wildman–Crippen MR) is 216 cm³/mol. The molecule has 0 amide bonds. The Kier molecular flexibility index (Phi) is 7.40. The summed E-state index contributed by atoms with van der Waals surface area (Å²) in [5.74, 6) is 0.648. The predicted octanol–water partition coefficient (Wildman–Crippen LogP) is 11.8. The van der Waals surface area contributed by atoms with E-state index < -0.39 is 0 Å². The van der Waals surface area contributed by atoms with E-state index in [9.17, 15) is 0 Å². The highest BCUT2D eigenvalue weighted by molar-refractivity contribution is 5.98. The van der Waals surface area contributed by atoms with Gasteiger partial charge in [-0.3, -0.25) is 4.98 Å². The first kappa shape index (κ1) is 30.6. The van der Waals surface area contributed by atoms with Crippen LogP contribution in [0.4, 0.5) is 0 Å². The van der Waals surface area contributed by atoms with Gasteiger partial charge < -0.3 is 4.40 Å². The van der Waals surface area contributed by atoms with E-state index in [0.29, 0.717) is 5.82 Å². The summed E-state index contributed by atoms with van der Waals surface area (Å²) in [5, 5.41) is 1.20. The average Bonchev–Trinajstić information content (AvgIpc) is 3.64. The quantitative estimate of drug-likeness (QED) is 0.176. The zero-order valence-corrected chi connectivity index (χ0v) is 28.6. The average molecular weight is 678 g/mol. The molecule has 0 saturated heterocycles. The number of benzene rings is 6. The van der Waals surface area contributed by atoms with Crippen LogP contribution in [0.5, 0.6) is 0 Å². The molecular formula is C48H31N5. The first-order chi connectivity index (χ1) is 26.2. The van der Waals surface area contributed by atoms with Crippen molar-refractivity contribution in [3.05, 3.63) is 188 Å². The van der Waals surface area contributed by atoms with Crippen molar-refractivity contribution in [3.8, 4) is 67.5 Å². The summed E-state index contributed by atoms with van der Waals surface area (Å²) in [6, 6.07) is 63.0. The number of aromatic nitrogens is 5. The van der Waals surface area contributed by atoms with Gasteiger partial charge in [-0.1, -0.05) is 133 Å². The van der Waals surface area contributed by atoms with Crippen LogP contribution in [-0.4, -0.2) is 24.3 Å². The Bertz CT molecular complexity index is 2930. The third-order valence-corrected chi connectivity index (χ3v) is 9.85. The first-order valence-electron chi connectivity index (χ1n) is 17.7. The molecule has 0 N–H and O–H groups in total. The van der Waals surface area contributed by atoms with E-state index in [0.717, 1.165) is 78.3 Å². The van der Waals surface area contributed by atoms with Crippen LogP contribution in [0.25, 0.3) is 95.0 Å². The smallest absolute Gasteiger partial charge is 0.160 e. The third kappa shape index (κ3) is 5.61. The maximum Gasteiger partial charge on any atom is 0.160 e. The minimum atomic E-state index is 0.648. The molecule has 0 atom stereocenters. The van der Waals surface area contributed by atoms with Gasteiger partial charge in [0.2, 0.25) is 0 Å². The monoisotopic (exact) mass is 677 g/mol. The van der Waals surface area contributed by atoms with Crippen LogP contribution in [0.1, 0.15) is 0 Å². The van der Waals surface area contributed by atoms with Crippen molar-refractivity contribution in [1.29, 1.82) is 0 Å². The van der Waals surface area contributed by atoms with E-state index >= 15 is 0 Å². The molecule has 248 valence electrons. The molecule has 10 rings (SSSR count). The van der Waals surface area contributed by atoms with Crippen molar-refractivity contribution in [2.45, 2.75) is 0 Å². The highest BCUT2D eigenvalue weighted by Crippen LogP contribution is 2.35. The molecule has 0 bridgehead atoms. The molecule has 10 aromatic rings. The maximum atomic E-state index is 5.17. The molecule has 0 aliphatic heterocycles. The van der Waals surface area contributed by atoms with Gasteiger partial charge in [0.05, 0.1) is 44.8 Å². The highest BCUT2D eigenvalue weighted by Gasteiger charge is 2.16. The summed E-state index contributed by atoms with van der Waals surface area (Å²) >= 11 is 0. The lowest BCUT2D eigenvalue weighted by atomic mass is 10.00. The minimum Gasteiger partial charge on any atom is -0.306 e. The molecule has 5 nitrogen and oxygen atoms in total. The van der Waals surface area contributed by atoms with Crippen molar-refractivity contribution >= 4 is 27.5 Å². The number of hydrogen-bond donors (Lipinski definition) is 0. The highest BCUT2D eigenvalue weighted by atomic mass is 14.9. The number of para-hydroxylation sites is 3. The largest absolute Gasteiger partial charge is 0.306 e. The van der Waals surface area contributed by atoms with Crippen LogP contribution < -0.4 is 0 Å². The van der Waals surface area contributed by atoms with Crippen LogP contribution >= 0.6 is 0 Å². The molecule has 0 radical (unpaired) electrons. The van der Waals surface area contributed by atoms with E-state index in [1.807, 2.05) is 48.7 Å². The summed E-state index contributed by atoms with van der Waals surface area (Å²) in [7, 11) is 0. The van der Waals surface area contributed by atoms with Gasteiger partial charge in [0.1, 0.15) is 0 Å². The van der Waals surface area contributed by atoms with Gasteiger partial charge >= 0.3 is 0 Å². The second-order valence-corrected chi connectivity index (χ2v) is 13.2. The first-order valence-corrected chi connectivity index (χ1v) is 17.7. The van der Waals surface area contributed by atoms with Crippen molar-refractivity contribution in [1.82, 2.24) is 24.3 Å². The van der Waals surface area contributed by atoms with Gasteiger partial charge in [-0.15, -0.1) is 0 Å². The van der Waals surface area contributed by atoms with E-state index in [1.165, 1.54) is 10.9 Å². The summed E-state index contributed by atoms with van der Waals surface area (Å²) in [5.41, 5.74) is 15.1. The molecule has 0 fully saturated rings. The van der Waals surface area contributed by atoms with Crippen molar-refractivity contribution in [2.75, 3.05) is 0 Å². The Labute approximate surface area is 306 Å². The van der Waals surface area contributed by atoms with Crippen LogP contribution in [0.2, 0.25) is 0 Å². The zero-order valence-electron chi connectivity index (χ0n) is 28.6. The molecule has 4 heterocycles. The number of hydrogen-bond acceptors (Lipinski definition) is 4. The second kappa shape index (κ2) is 12.8. The Morgan fingerprint density at radius 1 is 0.340 bits per heavy atom. The Balaban J connectivity index is 1.05. The van der Waals surface area contributed by atoms with Crippen LogP contribution in [-0.2, 0) is 0 Å². The topological polar surface area (TPSA) is 56.0 Å².